The zero-order valence-electron chi connectivity index (χ0n) is 12.0. The van der Waals surface area contributed by atoms with E-state index in [0.717, 1.165) is 6.04 Å². The minimum absolute atomic E-state index is 0.177. The quantitative estimate of drug-likeness (QED) is 0.724. The first-order valence-electron chi connectivity index (χ1n) is 7.20. The van der Waals surface area contributed by atoms with Gasteiger partial charge in [0.1, 0.15) is 0 Å². The van der Waals surface area contributed by atoms with E-state index in [1.165, 1.54) is 31.3 Å². The Balaban J connectivity index is 1.74. The SMILES string of the molecule is CC1(C)OB(/C=C2/CCC3CCC2N3)OC1(C)C. The zero-order valence-corrected chi connectivity index (χ0v) is 12.0. The lowest BCUT2D eigenvalue weighted by Gasteiger charge is -2.32. The molecule has 3 aliphatic heterocycles. The highest BCUT2D eigenvalue weighted by Gasteiger charge is 2.50. The summed E-state index contributed by atoms with van der Waals surface area (Å²) in [6, 6.07) is 1.33. The van der Waals surface area contributed by atoms with Gasteiger partial charge in [-0.1, -0.05) is 11.5 Å². The highest BCUT2D eigenvalue weighted by molar-refractivity contribution is 6.51. The van der Waals surface area contributed by atoms with Gasteiger partial charge in [0.05, 0.1) is 11.2 Å². The summed E-state index contributed by atoms with van der Waals surface area (Å²) in [7, 11) is -0.177. The molecule has 3 rings (SSSR count). The molecule has 1 N–H and O–H groups in total. The molecule has 3 aliphatic rings. The van der Waals surface area contributed by atoms with Crippen LogP contribution in [0.1, 0.15) is 53.4 Å². The number of nitrogens with one attached hydrogen (secondary N) is 1. The Morgan fingerprint density at radius 3 is 2.44 bits per heavy atom. The van der Waals surface area contributed by atoms with Crippen molar-refractivity contribution in [2.75, 3.05) is 0 Å². The molecule has 2 bridgehead atoms. The third-order valence-electron chi connectivity index (χ3n) is 5.09. The summed E-state index contributed by atoms with van der Waals surface area (Å²) in [4.78, 5) is 0. The van der Waals surface area contributed by atoms with Crippen LogP contribution in [0.15, 0.2) is 11.5 Å². The Morgan fingerprint density at radius 1 is 1.11 bits per heavy atom. The molecule has 3 heterocycles. The number of rotatable bonds is 1. The van der Waals surface area contributed by atoms with Crippen LogP contribution in [-0.2, 0) is 9.31 Å². The van der Waals surface area contributed by atoms with Gasteiger partial charge in [-0.25, -0.2) is 0 Å². The summed E-state index contributed by atoms with van der Waals surface area (Å²) in [5.41, 5.74) is 1.03. The molecular formula is C14H24BNO2. The Hall–Kier alpha value is -0.315. The summed E-state index contributed by atoms with van der Waals surface area (Å²) >= 11 is 0. The molecule has 0 spiro atoms. The predicted molar refractivity (Wildman–Crippen MR) is 73.3 cm³/mol. The van der Waals surface area contributed by atoms with Crippen LogP contribution >= 0.6 is 0 Å². The van der Waals surface area contributed by atoms with E-state index in [-0.39, 0.29) is 18.3 Å². The van der Waals surface area contributed by atoms with Crippen LogP contribution in [0.3, 0.4) is 0 Å². The molecule has 2 unspecified atom stereocenters. The first kappa shape index (κ1) is 12.7. The second-order valence-corrected chi connectivity index (χ2v) is 6.90. The molecule has 0 aromatic heterocycles. The topological polar surface area (TPSA) is 30.5 Å². The molecule has 18 heavy (non-hydrogen) atoms. The summed E-state index contributed by atoms with van der Waals surface area (Å²) in [6.07, 6.45) is 5.07. The van der Waals surface area contributed by atoms with Crippen molar-refractivity contribution < 1.29 is 9.31 Å². The van der Waals surface area contributed by atoms with Gasteiger partial charge >= 0.3 is 7.12 Å². The van der Waals surface area contributed by atoms with E-state index in [4.69, 9.17) is 9.31 Å². The second-order valence-electron chi connectivity index (χ2n) is 6.90. The molecule has 0 aromatic rings. The van der Waals surface area contributed by atoms with Crippen LogP contribution < -0.4 is 5.32 Å². The lowest BCUT2D eigenvalue weighted by Crippen LogP contribution is -2.41. The van der Waals surface area contributed by atoms with Gasteiger partial charge in [-0.2, -0.15) is 0 Å². The molecule has 3 saturated heterocycles. The number of hydrogen-bond acceptors (Lipinski definition) is 3. The Kier molecular flexibility index (Phi) is 2.89. The van der Waals surface area contributed by atoms with Gasteiger partial charge in [-0.3, -0.25) is 0 Å². The van der Waals surface area contributed by atoms with Crippen LogP contribution in [0.5, 0.6) is 0 Å². The van der Waals surface area contributed by atoms with Gasteiger partial charge in [0.2, 0.25) is 0 Å². The highest BCUT2D eigenvalue weighted by Crippen LogP contribution is 2.38. The van der Waals surface area contributed by atoms with Crippen LogP contribution in [-0.4, -0.2) is 30.4 Å². The first-order valence-corrected chi connectivity index (χ1v) is 7.20. The minimum atomic E-state index is -0.227. The summed E-state index contributed by atoms with van der Waals surface area (Å²) in [5.74, 6) is 2.22. The smallest absolute Gasteiger partial charge is 0.400 e. The summed E-state index contributed by atoms with van der Waals surface area (Å²) in [5, 5.41) is 3.68. The van der Waals surface area contributed by atoms with Gasteiger partial charge < -0.3 is 14.6 Å². The van der Waals surface area contributed by atoms with E-state index in [2.05, 4.69) is 39.0 Å². The van der Waals surface area contributed by atoms with Crippen LogP contribution in [0.4, 0.5) is 0 Å². The Labute approximate surface area is 110 Å². The maximum atomic E-state index is 6.05. The molecular weight excluding hydrogens is 225 g/mol. The molecule has 0 amide bonds. The lowest BCUT2D eigenvalue weighted by molar-refractivity contribution is 0.00578. The second kappa shape index (κ2) is 4.09. The van der Waals surface area contributed by atoms with E-state index in [9.17, 15) is 0 Å². The van der Waals surface area contributed by atoms with E-state index in [1.54, 1.807) is 0 Å². The molecule has 100 valence electrons. The van der Waals surface area contributed by atoms with E-state index >= 15 is 0 Å². The van der Waals surface area contributed by atoms with Crippen molar-refractivity contribution in [1.82, 2.24) is 5.32 Å². The molecule has 2 atom stereocenters. The molecule has 3 nitrogen and oxygen atoms in total. The fourth-order valence-electron chi connectivity index (χ4n) is 3.19. The van der Waals surface area contributed by atoms with Crippen molar-refractivity contribution in [2.24, 2.45) is 0 Å². The predicted octanol–water partition coefficient (Wildman–Crippen LogP) is 2.46. The molecule has 4 heteroatoms. The monoisotopic (exact) mass is 249 g/mol. The maximum absolute atomic E-state index is 6.05. The van der Waals surface area contributed by atoms with E-state index < -0.39 is 0 Å². The number of hydrogen-bond donors (Lipinski definition) is 1. The molecule has 0 radical (unpaired) electrons. The average molecular weight is 249 g/mol. The lowest BCUT2D eigenvalue weighted by atomic mass is 9.82. The maximum Gasteiger partial charge on any atom is 0.487 e. The number of piperidine rings is 1. The van der Waals surface area contributed by atoms with Crippen molar-refractivity contribution in [3.8, 4) is 0 Å². The largest absolute Gasteiger partial charge is 0.487 e. The number of fused-ring (bicyclic) bond motifs is 2. The summed E-state index contributed by atoms with van der Waals surface area (Å²) < 4.78 is 12.1. The van der Waals surface area contributed by atoms with Gasteiger partial charge in [-0.05, 0) is 53.4 Å². The molecule has 3 fully saturated rings. The van der Waals surface area contributed by atoms with Crippen molar-refractivity contribution in [1.29, 1.82) is 0 Å². The fourth-order valence-corrected chi connectivity index (χ4v) is 3.19. The van der Waals surface area contributed by atoms with E-state index in [0.29, 0.717) is 6.04 Å². The third kappa shape index (κ3) is 2.04. The van der Waals surface area contributed by atoms with Crippen molar-refractivity contribution >= 4 is 7.12 Å². The molecule has 0 aromatic carbocycles. The van der Waals surface area contributed by atoms with Gasteiger partial charge in [0, 0.05) is 12.1 Å². The van der Waals surface area contributed by atoms with Gasteiger partial charge in [0.25, 0.3) is 0 Å². The van der Waals surface area contributed by atoms with Crippen LogP contribution in [0, 0.1) is 0 Å². The van der Waals surface area contributed by atoms with Crippen molar-refractivity contribution in [3.05, 3.63) is 11.5 Å². The fraction of sp³-hybridized carbons (Fsp3) is 0.857. The minimum Gasteiger partial charge on any atom is -0.400 e. The van der Waals surface area contributed by atoms with Gasteiger partial charge in [-0.15, -0.1) is 0 Å². The molecule has 0 aliphatic carbocycles. The first-order chi connectivity index (χ1) is 8.37. The average Bonchev–Trinajstić information content (AvgIpc) is 2.72. The van der Waals surface area contributed by atoms with Gasteiger partial charge in [0.15, 0.2) is 0 Å². The van der Waals surface area contributed by atoms with Crippen LogP contribution in [0.25, 0.3) is 0 Å². The normalized spacial score (nSPS) is 39.6. The van der Waals surface area contributed by atoms with Crippen molar-refractivity contribution in [2.45, 2.75) is 76.7 Å². The Bertz CT molecular complexity index is 362. The van der Waals surface area contributed by atoms with Crippen LogP contribution in [0.2, 0.25) is 0 Å². The van der Waals surface area contributed by atoms with E-state index in [1.807, 2.05) is 0 Å². The molecule has 0 saturated carbocycles. The zero-order chi connectivity index (χ0) is 13.0. The third-order valence-corrected chi connectivity index (χ3v) is 5.09. The Morgan fingerprint density at radius 2 is 1.78 bits per heavy atom. The summed E-state index contributed by atoms with van der Waals surface area (Å²) in [6.45, 7) is 8.43. The standard InChI is InChI=1S/C14H24BNO2/c1-13(2)14(3,4)18-15(17-13)9-10-5-6-11-7-8-12(10)16-11/h9,11-12,16H,5-8H2,1-4H3/b10-9-. The highest BCUT2D eigenvalue weighted by atomic mass is 16.7. The van der Waals surface area contributed by atoms with Crippen molar-refractivity contribution in [3.63, 3.8) is 0 Å².